The van der Waals surface area contributed by atoms with Gasteiger partial charge in [0.15, 0.2) is 0 Å². The van der Waals surface area contributed by atoms with Crippen molar-refractivity contribution in [2.45, 2.75) is 38.9 Å². The monoisotopic (exact) mass is 354 g/mol. The zero-order chi connectivity index (χ0) is 15.6. The fraction of sp³-hybridized carbons (Fsp3) is 0.467. The lowest BCUT2D eigenvalue weighted by molar-refractivity contribution is -0.135. The average molecular weight is 355 g/mol. The molecule has 1 N–H and O–H groups in total. The Hall–Kier alpha value is -1.56. The van der Waals surface area contributed by atoms with E-state index in [9.17, 15) is 9.59 Å². The summed E-state index contributed by atoms with van der Waals surface area (Å²) in [7, 11) is 1.61. The van der Waals surface area contributed by atoms with E-state index in [1.807, 2.05) is 25.1 Å². The number of hydrogen-bond acceptors (Lipinski definition) is 3. The Kier molecular flexibility index (Phi) is 4.88. The Morgan fingerprint density at radius 2 is 2.10 bits per heavy atom. The molecule has 114 valence electrons. The molecule has 0 bridgehead atoms. The van der Waals surface area contributed by atoms with Crippen LogP contribution in [0.5, 0.6) is 5.75 Å². The topological polar surface area (TPSA) is 58.6 Å². The summed E-state index contributed by atoms with van der Waals surface area (Å²) in [5.41, 5.74) is 0.955. The molecule has 0 aromatic heterocycles. The standard InChI is InChI=1S/C15H19BrN2O3/c1-9-6-14(19)17-10(2)15(20)18(9)8-11-7-12(21-3)4-5-13(11)16/h4-5,7,9-10H,6,8H2,1-3H3,(H,17,19). The van der Waals surface area contributed by atoms with Crippen LogP contribution in [-0.2, 0) is 16.1 Å². The number of benzene rings is 1. The summed E-state index contributed by atoms with van der Waals surface area (Å²) >= 11 is 3.50. The van der Waals surface area contributed by atoms with Crippen molar-refractivity contribution >= 4 is 27.7 Å². The minimum Gasteiger partial charge on any atom is -0.497 e. The van der Waals surface area contributed by atoms with Gasteiger partial charge in [-0.1, -0.05) is 15.9 Å². The van der Waals surface area contributed by atoms with Gasteiger partial charge in [-0.25, -0.2) is 0 Å². The summed E-state index contributed by atoms with van der Waals surface area (Å²) in [6, 6.07) is 5.02. The molecule has 0 saturated carbocycles. The minimum atomic E-state index is -0.494. The van der Waals surface area contributed by atoms with E-state index in [2.05, 4.69) is 21.2 Å². The van der Waals surface area contributed by atoms with Gasteiger partial charge in [-0.2, -0.15) is 0 Å². The van der Waals surface area contributed by atoms with Crippen LogP contribution in [0.4, 0.5) is 0 Å². The van der Waals surface area contributed by atoms with Gasteiger partial charge in [0.1, 0.15) is 11.8 Å². The van der Waals surface area contributed by atoms with Gasteiger partial charge < -0.3 is 15.0 Å². The maximum absolute atomic E-state index is 12.4. The van der Waals surface area contributed by atoms with E-state index >= 15 is 0 Å². The Bertz CT molecular complexity index is 562. The summed E-state index contributed by atoms with van der Waals surface area (Å²) in [4.78, 5) is 25.9. The summed E-state index contributed by atoms with van der Waals surface area (Å²) in [5, 5.41) is 2.71. The average Bonchev–Trinajstić information content (AvgIpc) is 2.52. The third-order valence-electron chi connectivity index (χ3n) is 3.64. The first-order valence-corrected chi connectivity index (χ1v) is 7.64. The lowest BCUT2D eigenvalue weighted by Crippen LogP contribution is -2.44. The Labute approximate surface area is 132 Å². The van der Waals surface area contributed by atoms with Crippen molar-refractivity contribution in [2.24, 2.45) is 0 Å². The Morgan fingerprint density at radius 3 is 2.76 bits per heavy atom. The first-order valence-electron chi connectivity index (χ1n) is 6.84. The molecule has 1 heterocycles. The highest BCUT2D eigenvalue weighted by atomic mass is 79.9. The van der Waals surface area contributed by atoms with Crippen LogP contribution in [0.15, 0.2) is 22.7 Å². The normalized spacial score (nSPS) is 22.8. The van der Waals surface area contributed by atoms with Crippen LogP contribution in [0.3, 0.4) is 0 Å². The molecule has 1 aromatic rings. The van der Waals surface area contributed by atoms with Crippen molar-refractivity contribution < 1.29 is 14.3 Å². The number of rotatable bonds is 3. The number of carbonyl (C=O) groups excluding carboxylic acids is 2. The van der Waals surface area contributed by atoms with E-state index in [1.165, 1.54) is 0 Å². The molecule has 1 aromatic carbocycles. The predicted octanol–water partition coefficient (Wildman–Crippen LogP) is 2.08. The lowest BCUT2D eigenvalue weighted by atomic mass is 10.1. The summed E-state index contributed by atoms with van der Waals surface area (Å²) in [6.07, 6.45) is 0.317. The summed E-state index contributed by atoms with van der Waals surface area (Å²) in [5.74, 6) is 0.587. The lowest BCUT2D eigenvalue weighted by Gasteiger charge is -2.28. The summed E-state index contributed by atoms with van der Waals surface area (Å²) < 4.78 is 6.14. The van der Waals surface area contributed by atoms with Crippen LogP contribution >= 0.6 is 15.9 Å². The zero-order valence-corrected chi connectivity index (χ0v) is 13.9. The van der Waals surface area contributed by atoms with Crippen molar-refractivity contribution in [1.82, 2.24) is 10.2 Å². The van der Waals surface area contributed by atoms with Crippen LogP contribution in [-0.4, -0.2) is 35.9 Å². The van der Waals surface area contributed by atoms with E-state index in [1.54, 1.807) is 18.9 Å². The van der Waals surface area contributed by atoms with Crippen molar-refractivity contribution in [3.05, 3.63) is 28.2 Å². The third-order valence-corrected chi connectivity index (χ3v) is 4.41. The maximum atomic E-state index is 12.4. The van der Waals surface area contributed by atoms with E-state index in [0.29, 0.717) is 13.0 Å². The Balaban J connectivity index is 2.27. The SMILES string of the molecule is COc1ccc(Br)c(CN2C(=O)C(C)NC(=O)CC2C)c1. The number of halogens is 1. The number of amides is 2. The molecular weight excluding hydrogens is 336 g/mol. The minimum absolute atomic E-state index is 0.0666. The van der Waals surface area contributed by atoms with E-state index in [4.69, 9.17) is 4.74 Å². The highest BCUT2D eigenvalue weighted by Gasteiger charge is 2.31. The molecule has 2 atom stereocenters. The van der Waals surface area contributed by atoms with Crippen molar-refractivity contribution in [3.63, 3.8) is 0 Å². The van der Waals surface area contributed by atoms with Gasteiger partial charge in [0, 0.05) is 23.5 Å². The molecule has 1 saturated heterocycles. The first-order chi connectivity index (χ1) is 9.92. The van der Waals surface area contributed by atoms with Crippen molar-refractivity contribution in [1.29, 1.82) is 0 Å². The van der Waals surface area contributed by atoms with Crippen LogP contribution in [0.1, 0.15) is 25.8 Å². The van der Waals surface area contributed by atoms with E-state index < -0.39 is 6.04 Å². The van der Waals surface area contributed by atoms with Crippen molar-refractivity contribution in [2.75, 3.05) is 7.11 Å². The first kappa shape index (κ1) is 15.8. The van der Waals surface area contributed by atoms with E-state index in [-0.39, 0.29) is 17.9 Å². The number of ether oxygens (including phenoxy) is 1. The molecule has 0 aliphatic carbocycles. The number of hydrogen-bond donors (Lipinski definition) is 1. The van der Waals surface area contributed by atoms with Crippen LogP contribution in [0.25, 0.3) is 0 Å². The van der Waals surface area contributed by atoms with Gasteiger partial charge in [0.05, 0.1) is 7.11 Å². The highest BCUT2D eigenvalue weighted by molar-refractivity contribution is 9.10. The smallest absolute Gasteiger partial charge is 0.245 e. The van der Waals surface area contributed by atoms with Gasteiger partial charge in [-0.15, -0.1) is 0 Å². The second-order valence-electron chi connectivity index (χ2n) is 5.27. The second-order valence-corrected chi connectivity index (χ2v) is 6.12. The number of nitrogens with one attached hydrogen (secondary N) is 1. The molecular formula is C15H19BrN2O3. The molecule has 6 heteroatoms. The second kappa shape index (κ2) is 6.47. The van der Waals surface area contributed by atoms with Crippen LogP contribution < -0.4 is 10.1 Å². The summed E-state index contributed by atoms with van der Waals surface area (Å²) in [6.45, 7) is 4.05. The van der Waals surface area contributed by atoms with E-state index in [0.717, 1.165) is 15.8 Å². The van der Waals surface area contributed by atoms with Gasteiger partial charge in [-0.05, 0) is 37.6 Å². The molecule has 5 nitrogen and oxygen atoms in total. The van der Waals surface area contributed by atoms with Gasteiger partial charge in [0.2, 0.25) is 11.8 Å². The van der Waals surface area contributed by atoms with Gasteiger partial charge >= 0.3 is 0 Å². The van der Waals surface area contributed by atoms with Crippen LogP contribution in [0.2, 0.25) is 0 Å². The Morgan fingerprint density at radius 1 is 1.38 bits per heavy atom. The number of nitrogens with zero attached hydrogens (tertiary/aromatic N) is 1. The zero-order valence-electron chi connectivity index (χ0n) is 12.4. The van der Waals surface area contributed by atoms with Crippen molar-refractivity contribution in [3.8, 4) is 5.75 Å². The molecule has 0 spiro atoms. The quantitative estimate of drug-likeness (QED) is 0.903. The maximum Gasteiger partial charge on any atom is 0.245 e. The molecule has 2 rings (SSSR count). The number of methoxy groups -OCH3 is 1. The fourth-order valence-corrected chi connectivity index (χ4v) is 2.80. The largest absolute Gasteiger partial charge is 0.497 e. The third kappa shape index (κ3) is 3.56. The number of carbonyl (C=O) groups is 2. The van der Waals surface area contributed by atoms with Gasteiger partial charge in [-0.3, -0.25) is 9.59 Å². The molecule has 2 unspecified atom stereocenters. The molecule has 0 radical (unpaired) electrons. The van der Waals surface area contributed by atoms with Gasteiger partial charge in [0.25, 0.3) is 0 Å². The predicted molar refractivity (Wildman–Crippen MR) is 82.9 cm³/mol. The molecule has 21 heavy (non-hydrogen) atoms. The van der Waals surface area contributed by atoms with Crippen LogP contribution in [0, 0.1) is 0 Å². The fourth-order valence-electron chi connectivity index (χ4n) is 2.42. The molecule has 1 fully saturated rings. The molecule has 1 aliphatic heterocycles. The highest BCUT2D eigenvalue weighted by Crippen LogP contribution is 2.25. The molecule has 2 amide bonds. The molecule has 1 aliphatic rings.